The van der Waals surface area contributed by atoms with Crippen molar-refractivity contribution >= 4 is 6.21 Å². The fourth-order valence-corrected chi connectivity index (χ4v) is 1.09. The molecule has 0 bridgehead atoms. The van der Waals surface area contributed by atoms with Crippen molar-refractivity contribution < 1.29 is 0 Å². The third kappa shape index (κ3) is 2.48. The van der Waals surface area contributed by atoms with Crippen LogP contribution in [0.5, 0.6) is 0 Å². The minimum absolute atomic E-state index is 0.0457. The maximum absolute atomic E-state index is 4.30. The van der Waals surface area contributed by atoms with Crippen LogP contribution in [0.25, 0.3) is 0 Å². The van der Waals surface area contributed by atoms with E-state index in [1.807, 2.05) is 13.1 Å². The van der Waals surface area contributed by atoms with E-state index in [1.165, 1.54) is 12.8 Å². The standard InChI is InChI=1S/C8H16N2/c1-4-9-8(2,3)10-7-5-6-7/h4,7,10H,5-6H2,1-3H3. The first kappa shape index (κ1) is 7.73. The molecule has 1 aliphatic carbocycles. The molecule has 1 fully saturated rings. The van der Waals surface area contributed by atoms with Crippen LogP contribution in [-0.2, 0) is 0 Å². The maximum atomic E-state index is 4.30. The molecule has 1 N–H and O–H groups in total. The van der Waals surface area contributed by atoms with Gasteiger partial charge in [-0.3, -0.25) is 10.3 Å². The lowest BCUT2D eigenvalue weighted by Crippen LogP contribution is -2.38. The predicted molar refractivity (Wildman–Crippen MR) is 44.4 cm³/mol. The highest BCUT2D eigenvalue weighted by Gasteiger charge is 2.27. The Kier molecular flexibility index (Phi) is 2.09. The van der Waals surface area contributed by atoms with Gasteiger partial charge in [0.1, 0.15) is 5.66 Å². The number of nitrogens with zero attached hydrogens (tertiary/aromatic N) is 1. The highest BCUT2D eigenvalue weighted by molar-refractivity contribution is 5.53. The fraction of sp³-hybridized carbons (Fsp3) is 0.875. The normalized spacial score (nSPS) is 20.3. The average molecular weight is 140 g/mol. The molecule has 0 heterocycles. The number of rotatable bonds is 3. The number of hydrogen-bond acceptors (Lipinski definition) is 2. The molecule has 0 aromatic rings. The molecule has 2 heteroatoms. The van der Waals surface area contributed by atoms with Gasteiger partial charge in [0, 0.05) is 6.04 Å². The average Bonchev–Trinajstić information content (AvgIpc) is 2.48. The smallest absolute Gasteiger partial charge is 0.104 e. The van der Waals surface area contributed by atoms with Crippen LogP contribution < -0.4 is 5.32 Å². The summed E-state index contributed by atoms with van der Waals surface area (Å²) in [5.41, 5.74) is -0.0457. The van der Waals surface area contributed by atoms with Gasteiger partial charge in [-0.1, -0.05) is 0 Å². The molecule has 0 aromatic heterocycles. The van der Waals surface area contributed by atoms with Crippen molar-refractivity contribution in [3.63, 3.8) is 0 Å². The van der Waals surface area contributed by atoms with Gasteiger partial charge in [0.2, 0.25) is 0 Å². The minimum atomic E-state index is -0.0457. The highest BCUT2D eigenvalue weighted by atomic mass is 15.2. The Bertz CT molecular complexity index is 134. The Morgan fingerprint density at radius 2 is 2.10 bits per heavy atom. The Morgan fingerprint density at radius 1 is 1.50 bits per heavy atom. The number of aliphatic imine (C=N–C) groups is 1. The molecule has 0 aromatic carbocycles. The van der Waals surface area contributed by atoms with Gasteiger partial charge in [-0.25, -0.2) is 0 Å². The van der Waals surface area contributed by atoms with Crippen molar-refractivity contribution in [1.29, 1.82) is 0 Å². The molecule has 0 aliphatic heterocycles. The summed E-state index contributed by atoms with van der Waals surface area (Å²) < 4.78 is 0. The van der Waals surface area contributed by atoms with E-state index in [0.29, 0.717) is 0 Å². The van der Waals surface area contributed by atoms with Crippen LogP contribution in [0.4, 0.5) is 0 Å². The lowest BCUT2D eigenvalue weighted by atomic mass is 10.2. The van der Waals surface area contributed by atoms with Crippen molar-refractivity contribution in [2.24, 2.45) is 4.99 Å². The van der Waals surface area contributed by atoms with Crippen LogP contribution in [0.1, 0.15) is 33.6 Å². The summed E-state index contributed by atoms with van der Waals surface area (Å²) in [5.74, 6) is 0. The Labute approximate surface area is 62.7 Å². The van der Waals surface area contributed by atoms with E-state index in [9.17, 15) is 0 Å². The zero-order valence-electron chi connectivity index (χ0n) is 7.02. The molecule has 1 aliphatic rings. The summed E-state index contributed by atoms with van der Waals surface area (Å²) >= 11 is 0. The molecule has 1 saturated carbocycles. The van der Waals surface area contributed by atoms with Gasteiger partial charge in [-0.15, -0.1) is 0 Å². The van der Waals surface area contributed by atoms with Gasteiger partial charge in [0.25, 0.3) is 0 Å². The van der Waals surface area contributed by atoms with Gasteiger partial charge < -0.3 is 0 Å². The summed E-state index contributed by atoms with van der Waals surface area (Å²) in [6.07, 6.45) is 4.50. The summed E-state index contributed by atoms with van der Waals surface area (Å²) in [4.78, 5) is 4.30. The first-order valence-electron chi connectivity index (χ1n) is 3.91. The van der Waals surface area contributed by atoms with Crippen LogP contribution in [0, 0.1) is 0 Å². The van der Waals surface area contributed by atoms with Crippen LogP contribution in [0.15, 0.2) is 4.99 Å². The molecule has 0 amide bonds. The molecule has 10 heavy (non-hydrogen) atoms. The van der Waals surface area contributed by atoms with Gasteiger partial charge in [-0.05, 0) is 39.8 Å². The van der Waals surface area contributed by atoms with Crippen LogP contribution in [0.2, 0.25) is 0 Å². The van der Waals surface area contributed by atoms with Crippen molar-refractivity contribution in [2.75, 3.05) is 0 Å². The topological polar surface area (TPSA) is 24.4 Å². The fourth-order valence-electron chi connectivity index (χ4n) is 1.09. The van der Waals surface area contributed by atoms with E-state index in [1.54, 1.807) is 0 Å². The monoisotopic (exact) mass is 140 g/mol. The summed E-state index contributed by atoms with van der Waals surface area (Å²) in [7, 11) is 0. The van der Waals surface area contributed by atoms with Gasteiger partial charge in [-0.2, -0.15) is 0 Å². The largest absolute Gasteiger partial charge is 0.291 e. The third-order valence-electron chi connectivity index (χ3n) is 1.59. The van der Waals surface area contributed by atoms with E-state index < -0.39 is 0 Å². The molecule has 0 radical (unpaired) electrons. The lowest BCUT2D eigenvalue weighted by molar-refractivity contribution is 0.405. The first-order chi connectivity index (χ1) is 4.64. The SMILES string of the molecule is CC=NC(C)(C)NC1CC1. The van der Waals surface area contributed by atoms with E-state index in [0.717, 1.165) is 6.04 Å². The molecular weight excluding hydrogens is 124 g/mol. The zero-order valence-corrected chi connectivity index (χ0v) is 7.02. The van der Waals surface area contributed by atoms with Crippen LogP contribution >= 0.6 is 0 Å². The van der Waals surface area contributed by atoms with Crippen molar-refractivity contribution in [3.05, 3.63) is 0 Å². The van der Waals surface area contributed by atoms with E-state index in [2.05, 4.69) is 24.2 Å². The number of nitrogens with one attached hydrogen (secondary N) is 1. The molecule has 0 saturated heterocycles. The Balaban J connectivity index is 2.32. The Morgan fingerprint density at radius 3 is 2.50 bits per heavy atom. The second kappa shape index (κ2) is 2.70. The molecule has 58 valence electrons. The van der Waals surface area contributed by atoms with Crippen LogP contribution in [-0.4, -0.2) is 17.9 Å². The van der Waals surface area contributed by atoms with E-state index in [4.69, 9.17) is 0 Å². The highest BCUT2D eigenvalue weighted by Crippen LogP contribution is 2.22. The first-order valence-corrected chi connectivity index (χ1v) is 3.91. The Hall–Kier alpha value is -0.370. The van der Waals surface area contributed by atoms with Gasteiger partial charge in [0.15, 0.2) is 0 Å². The second-order valence-corrected chi connectivity index (χ2v) is 3.36. The second-order valence-electron chi connectivity index (χ2n) is 3.36. The van der Waals surface area contributed by atoms with Crippen molar-refractivity contribution in [1.82, 2.24) is 5.32 Å². The molecule has 2 nitrogen and oxygen atoms in total. The molecule has 0 unspecified atom stereocenters. The number of hydrogen-bond donors (Lipinski definition) is 1. The maximum Gasteiger partial charge on any atom is 0.104 e. The van der Waals surface area contributed by atoms with Crippen LogP contribution in [0.3, 0.4) is 0 Å². The third-order valence-corrected chi connectivity index (χ3v) is 1.59. The quantitative estimate of drug-likeness (QED) is 0.591. The minimum Gasteiger partial charge on any atom is -0.291 e. The molecule has 0 spiro atoms. The van der Waals surface area contributed by atoms with E-state index in [-0.39, 0.29) is 5.66 Å². The van der Waals surface area contributed by atoms with E-state index >= 15 is 0 Å². The van der Waals surface area contributed by atoms with Crippen molar-refractivity contribution in [3.8, 4) is 0 Å². The van der Waals surface area contributed by atoms with Gasteiger partial charge >= 0.3 is 0 Å². The van der Waals surface area contributed by atoms with Gasteiger partial charge in [0.05, 0.1) is 0 Å². The zero-order chi connectivity index (χ0) is 7.61. The lowest BCUT2D eigenvalue weighted by Gasteiger charge is -2.20. The summed E-state index contributed by atoms with van der Waals surface area (Å²) in [5, 5.41) is 3.43. The molecular formula is C8H16N2. The summed E-state index contributed by atoms with van der Waals surface area (Å²) in [6, 6.07) is 0.735. The molecule has 1 rings (SSSR count). The summed E-state index contributed by atoms with van der Waals surface area (Å²) in [6.45, 7) is 6.16. The predicted octanol–water partition coefficient (Wildman–Crippen LogP) is 1.57. The van der Waals surface area contributed by atoms with Crippen molar-refractivity contribution in [2.45, 2.75) is 45.3 Å². The molecule has 0 atom stereocenters.